The van der Waals surface area contributed by atoms with Gasteiger partial charge in [0.2, 0.25) is 0 Å². The van der Waals surface area contributed by atoms with Gasteiger partial charge in [-0.2, -0.15) is 0 Å². The summed E-state index contributed by atoms with van der Waals surface area (Å²) < 4.78 is 0. The molecule has 0 aliphatic heterocycles. The maximum atomic E-state index is 5.56. The van der Waals surface area contributed by atoms with Crippen LogP contribution < -0.4 is 11.1 Å². The van der Waals surface area contributed by atoms with Crippen molar-refractivity contribution in [3.8, 4) is 0 Å². The Morgan fingerprint density at radius 3 is 2.80 bits per heavy atom. The first-order valence-corrected chi connectivity index (χ1v) is 5.81. The van der Waals surface area contributed by atoms with Crippen LogP contribution in [0.25, 0.3) is 0 Å². The van der Waals surface area contributed by atoms with E-state index in [1.807, 2.05) is 18.2 Å². The predicted molar refractivity (Wildman–Crippen MR) is 62.6 cm³/mol. The molecule has 1 saturated carbocycles. The minimum atomic E-state index is 0.514. The van der Waals surface area contributed by atoms with Gasteiger partial charge in [0.1, 0.15) is 5.82 Å². The van der Waals surface area contributed by atoms with Gasteiger partial charge in [-0.1, -0.05) is 25.3 Å². The van der Waals surface area contributed by atoms with Gasteiger partial charge in [0, 0.05) is 12.6 Å². The molecule has 0 spiro atoms. The normalized spacial score (nSPS) is 17.7. The number of anilines is 1. The molecule has 0 radical (unpaired) electrons. The number of hydrogen-bond donors (Lipinski definition) is 2. The molecule has 3 nitrogen and oxygen atoms in total. The maximum Gasteiger partial charge on any atom is 0.126 e. The summed E-state index contributed by atoms with van der Waals surface area (Å²) >= 11 is 0. The lowest BCUT2D eigenvalue weighted by molar-refractivity contribution is 0.462. The van der Waals surface area contributed by atoms with Crippen LogP contribution in [0.5, 0.6) is 0 Å². The molecular formula is C12H19N3. The molecular weight excluding hydrogens is 186 g/mol. The van der Waals surface area contributed by atoms with Gasteiger partial charge in [-0.25, -0.2) is 4.98 Å². The largest absolute Gasteiger partial charge is 0.367 e. The van der Waals surface area contributed by atoms with Crippen molar-refractivity contribution in [1.82, 2.24) is 4.98 Å². The van der Waals surface area contributed by atoms with Gasteiger partial charge in [0.05, 0.1) is 5.69 Å². The summed E-state index contributed by atoms with van der Waals surface area (Å²) in [7, 11) is 0. The first-order chi connectivity index (χ1) is 7.38. The van der Waals surface area contributed by atoms with Crippen molar-refractivity contribution in [2.24, 2.45) is 5.73 Å². The van der Waals surface area contributed by atoms with Crippen LogP contribution in [0, 0.1) is 0 Å². The highest BCUT2D eigenvalue weighted by molar-refractivity contribution is 5.36. The Bertz CT molecular complexity index is 305. The van der Waals surface area contributed by atoms with Crippen molar-refractivity contribution in [3.05, 3.63) is 23.9 Å². The summed E-state index contributed by atoms with van der Waals surface area (Å²) in [5, 5.41) is 3.49. The number of nitrogens with one attached hydrogen (secondary N) is 1. The van der Waals surface area contributed by atoms with Crippen LogP contribution >= 0.6 is 0 Å². The van der Waals surface area contributed by atoms with Crippen molar-refractivity contribution in [1.29, 1.82) is 0 Å². The summed E-state index contributed by atoms with van der Waals surface area (Å²) in [5.41, 5.74) is 6.52. The number of nitrogens with two attached hydrogens (primary N) is 1. The Labute approximate surface area is 91.1 Å². The number of nitrogens with zero attached hydrogens (tertiary/aromatic N) is 1. The molecule has 0 unspecified atom stereocenters. The molecule has 1 aromatic rings. The Morgan fingerprint density at radius 2 is 2.07 bits per heavy atom. The first kappa shape index (κ1) is 10.4. The average Bonchev–Trinajstić information content (AvgIpc) is 2.31. The van der Waals surface area contributed by atoms with Crippen molar-refractivity contribution in [3.63, 3.8) is 0 Å². The Morgan fingerprint density at radius 1 is 1.27 bits per heavy atom. The molecule has 1 fully saturated rings. The van der Waals surface area contributed by atoms with E-state index in [0.29, 0.717) is 12.6 Å². The lowest BCUT2D eigenvalue weighted by atomic mass is 9.95. The molecule has 0 aromatic carbocycles. The molecule has 82 valence electrons. The minimum absolute atomic E-state index is 0.514. The van der Waals surface area contributed by atoms with E-state index >= 15 is 0 Å². The number of hydrogen-bond acceptors (Lipinski definition) is 3. The third-order valence-electron chi connectivity index (χ3n) is 2.97. The zero-order valence-electron chi connectivity index (χ0n) is 9.08. The molecule has 0 atom stereocenters. The van der Waals surface area contributed by atoms with E-state index in [2.05, 4.69) is 10.3 Å². The highest BCUT2D eigenvalue weighted by atomic mass is 15.0. The summed E-state index contributed by atoms with van der Waals surface area (Å²) in [5.74, 6) is 0.977. The van der Waals surface area contributed by atoms with Crippen LogP contribution in [0.1, 0.15) is 37.8 Å². The quantitative estimate of drug-likeness (QED) is 0.796. The molecule has 15 heavy (non-hydrogen) atoms. The van der Waals surface area contributed by atoms with Gasteiger partial charge < -0.3 is 11.1 Å². The second-order valence-electron chi connectivity index (χ2n) is 4.20. The van der Waals surface area contributed by atoms with Crippen LogP contribution in [-0.2, 0) is 6.54 Å². The highest BCUT2D eigenvalue weighted by Gasteiger charge is 2.13. The van der Waals surface area contributed by atoms with Crippen LogP contribution in [0.15, 0.2) is 18.2 Å². The van der Waals surface area contributed by atoms with Gasteiger partial charge in [-0.15, -0.1) is 0 Å². The summed E-state index contributed by atoms with van der Waals surface area (Å²) in [6, 6.07) is 6.61. The standard InChI is InChI=1S/C12H19N3/c13-9-11-7-4-8-12(15-11)14-10-5-2-1-3-6-10/h4,7-8,10H,1-3,5-6,9,13H2,(H,14,15). The van der Waals surface area contributed by atoms with Crippen LogP contribution in [0.2, 0.25) is 0 Å². The number of aromatic nitrogens is 1. The van der Waals surface area contributed by atoms with Gasteiger partial charge >= 0.3 is 0 Å². The number of rotatable bonds is 3. The SMILES string of the molecule is NCc1cccc(NC2CCCCC2)n1. The molecule has 1 aliphatic carbocycles. The molecule has 0 saturated heterocycles. The fourth-order valence-electron chi connectivity index (χ4n) is 2.13. The maximum absolute atomic E-state index is 5.56. The van der Waals surface area contributed by atoms with E-state index in [1.165, 1.54) is 32.1 Å². The third kappa shape index (κ3) is 2.93. The van der Waals surface area contributed by atoms with Gasteiger partial charge in [0.15, 0.2) is 0 Å². The highest BCUT2D eigenvalue weighted by Crippen LogP contribution is 2.20. The van der Waals surface area contributed by atoms with Crippen molar-refractivity contribution < 1.29 is 0 Å². The molecule has 3 N–H and O–H groups in total. The predicted octanol–water partition coefficient (Wildman–Crippen LogP) is 2.28. The van der Waals surface area contributed by atoms with E-state index in [0.717, 1.165) is 11.5 Å². The molecule has 3 heteroatoms. The average molecular weight is 205 g/mol. The molecule has 0 bridgehead atoms. The zero-order chi connectivity index (χ0) is 10.5. The van der Waals surface area contributed by atoms with E-state index in [-0.39, 0.29) is 0 Å². The van der Waals surface area contributed by atoms with Crippen molar-refractivity contribution in [2.45, 2.75) is 44.7 Å². The zero-order valence-corrected chi connectivity index (χ0v) is 9.08. The van der Waals surface area contributed by atoms with Crippen LogP contribution in [-0.4, -0.2) is 11.0 Å². The van der Waals surface area contributed by atoms with Crippen molar-refractivity contribution >= 4 is 5.82 Å². The lowest BCUT2D eigenvalue weighted by Gasteiger charge is -2.23. The summed E-state index contributed by atoms with van der Waals surface area (Å²) in [6.45, 7) is 0.514. The summed E-state index contributed by atoms with van der Waals surface area (Å²) in [6.07, 6.45) is 6.61. The topological polar surface area (TPSA) is 50.9 Å². The fraction of sp³-hybridized carbons (Fsp3) is 0.583. The van der Waals surface area contributed by atoms with E-state index in [9.17, 15) is 0 Å². The van der Waals surface area contributed by atoms with Crippen LogP contribution in [0.3, 0.4) is 0 Å². The molecule has 1 aliphatic rings. The second kappa shape index (κ2) is 5.12. The van der Waals surface area contributed by atoms with Gasteiger partial charge in [0.25, 0.3) is 0 Å². The Balaban J connectivity index is 1.96. The minimum Gasteiger partial charge on any atom is -0.367 e. The van der Waals surface area contributed by atoms with E-state index in [4.69, 9.17) is 5.73 Å². The molecule has 1 aromatic heterocycles. The van der Waals surface area contributed by atoms with Crippen LogP contribution in [0.4, 0.5) is 5.82 Å². The molecule has 0 amide bonds. The Hall–Kier alpha value is -1.09. The summed E-state index contributed by atoms with van der Waals surface area (Å²) in [4.78, 5) is 4.45. The number of pyridine rings is 1. The third-order valence-corrected chi connectivity index (χ3v) is 2.97. The van der Waals surface area contributed by atoms with Gasteiger partial charge in [-0.05, 0) is 25.0 Å². The Kier molecular flexibility index (Phi) is 3.56. The van der Waals surface area contributed by atoms with E-state index in [1.54, 1.807) is 0 Å². The lowest BCUT2D eigenvalue weighted by Crippen LogP contribution is -2.23. The van der Waals surface area contributed by atoms with Crippen molar-refractivity contribution in [2.75, 3.05) is 5.32 Å². The smallest absolute Gasteiger partial charge is 0.126 e. The molecule has 1 heterocycles. The van der Waals surface area contributed by atoms with Gasteiger partial charge in [-0.3, -0.25) is 0 Å². The molecule has 2 rings (SSSR count). The van der Waals surface area contributed by atoms with E-state index < -0.39 is 0 Å². The first-order valence-electron chi connectivity index (χ1n) is 5.81. The second-order valence-corrected chi connectivity index (χ2v) is 4.20. The monoisotopic (exact) mass is 205 g/mol. The fourth-order valence-corrected chi connectivity index (χ4v) is 2.13.